The standard InChI is InChI=1S/C16H26ClF3N2OS/c1-4-12(23)9-14(16(18,19)20)22(3)21-15(17)10-24-13-7-5-11(2)6-8-13/h9,11,13,15,21H,4-8,10H2,1-3H3/b14-9-. The Morgan fingerprint density at radius 3 is 2.46 bits per heavy atom. The first-order valence-electron chi connectivity index (χ1n) is 8.20. The van der Waals surface area contributed by atoms with Crippen molar-refractivity contribution in [2.24, 2.45) is 5.92 Å². The van der Waals surface area contributed by atoms with Gasteiger partial charge >= 0.3 is 6.18 Å². The van der Waals surface area contributed by atoms with Gasteiger partial charge < -0.3 is 5.01 Å². The van der Waals surface area contributed by atoms with Gasteiger partial charge in [-0.1, -0.05) is 13.8 Å². The second kappa shape index (κ2) is 9.92. The molecule has 1 aliphatic carbocycles. The topological polar surface area (TPSA) is 32.3 Å². The lowest BCUT2D eigenvalue weighted by Crippen LogP contribution is -2.44. The molecule has 0 heterocycles. The van der Waals surface area contributed by atoms with E-state index < -0.39 is 23.2 Å². The van der Waals surface area contributed by atoms with Crippen molar-refractivity contribution in [3.63, 3.8) is 0 Å². The fourth-order valence-electron chi connectivity index (χ4n) is 2.56. The summed E-state index contributed by atoms with van der Waals surface area (Å²) in [4.78, 5) is 11.3. The molecule has 1 unspecified atom stereocenters. The minimum atomic E-state index is -4.62. The highest BCUT2D eigenvalue weighted by Gasteiger charge is 2.37. The molecule has 0 amide bonds. The highest BCUT2D eigenvalue weighted by molar-refractivity contribution is 8.00. The van der Waals surface area contributed by atoms with E-state index in [1.54, 1.807) is 11.8 Å². The Morgan fingerprint density at radius 2 is 1.96 bits per heavy atom. The van der Waals surface area contributed by atoms with Gasteiger partial charge in [-0.15, -0.1) is 11.6 Å². The molecule has 8 heteroatoms. The van der Waals surface area contributed by atoms with Crippen LogP contribution in [0, 0.1) is 5.92 Å². The molecule has 24 heavy (non-hydrogen) atoms. The van der Waals surface area contributed by atoms with Gasteiger partial charge in [0, 0.05) is 30.5 Å². The average Bonchev–Trinajstić information content (AvgIpc) is 2.50. The van der Waals surface area contributed by atoms with Crippen molar-refractivity contribution in [3.8, 4) is 0 Å². The largest absolute Gasteiger partial charge is 0.432 e. The Morgan fingerprint density at radius 1 is 1.38 bits per heavy atom. The van der Waals surface area contributed by atoms with Crippen LogP contribution >= 0.6 is 23.4 Å². The summed E-state index contributed by atoms with van der Waals surface area (Å²) in [5.74, 6) is 0.693. The van der Waals surface area contributed by atoms with E-state index in [1.807, 2.05) is 0 Å². The molecule has 1 aliphatic rings. The summed E-state index contributed by atoms with van der Waals surface area (Å²) in [7, 11) is 1.23. The van der Waals surface area contributed by atoms with Crippen LogP contribution in [0.1, 0.15) is 46.0 Å². The number of hydrogen-bond donors (Lipinski definition) is 1. The van der Waals surface area contributed by atoms with Crippen molar-refractivity contribution in [3.05, 3.63) is 11.8 Å². The Bertz CT molecular complexity index is 438. The number of halogens is 4. The van der Waals surface area contributed by atoms with Crippen molar-refractivity contribution in [2.75, 3.05) is 12.8 Å². The van der Waals surface area contributed by atoms with Gasteiger partial charge in [0.2, 0.25) is 0 Å². The second-order valence-corrected chi connectivity index (χ2v) is 8.08. The molecule has 1 saturated carbocycles. The van der Waals surface area contributed by atoms with Crippen molar-refractivity contribution in [1.29, 1.82) is 0 Å². The molecule has 0 aliphatic heterocycles. The van der Waals surface area contributed by atoms with E-state index in [1.165, 1.54) is 26.8 Å². The summed E-state index contributed by atoms with van der Waals surface area (Å²) < 4.78 is 39.2. The predicted molar refractivity (Wildman–Crippen MR) is 93.9 cm³/mol. The van der Waals surface area contributed by atoms with E-state index in [-0.39, 0.29) is 6.42 Å². The van der Waals surface area contributed by atoms with Crippen molar-refractivity contribution >= 4 is 29.1 Å². The molecule has 0 spiro atoms. The Hall–Kier alpha value is -0.400. The lowest BCUT2D eigenvalue weighted by atomic mass is 9.91. The van der Waals surface area contributed by atoms with Crippen molar-refractivity contribution < 1.29 is 18.0 Å². The molecule has 0 aromatic rings. The summed E-state index contributed by atoms with van der Waals surface area (Å²) in [6, 6.07) is 0. The van der Waals surface area contributed by atoms with Crippen molar-refractivity contribution in [1.82, 2.24) is 10.4 Å². The van der Waals surface area contributed by atoms with Crippen LogP contribution in [0.15, 0.2) is 11.8 Å². The summed E-state index contributed by atoms with van der Waals surface area (Å²) in [6.45, 7) is 3.76. The van der Waals surface area contributed by atoms with Gasteiger partial charge in [-0.25, -0.2) is 5.43 Å². The molecule has 1 N–H and O–H groups in total. The normalized spacial score (nSPS) is 23.9. The van der Waals surface area contributed by atoms with E-state index in [0.717, 1.165) is 23.8 Å². The molecular formula is C16H26ClF3N2OS. The molecule has 0 bridgehead atoms. The third-order valence-electron chi connectivity index (χ3n) is 4.07. The number of ketones is 1. The second-order valence-electron chi connectivity index (χ2n) is 6.22. The number of carbonyl (C=O) groups excluding carboxylic acids is 1. The SMILES string of the molecule is CCC(=O)/C=C(\N(C)NC(Cl)CSC1CCC(C)CC1)C(F)(F)F. The van der Waals surface area contributed by atoms with Crippen molar-refractivity contribution in [2.45, 2.75) is 62.9 Å². The fraction of sp³-hybridized carbons (Fsp3) is 0.812. The Labute approximate surface area is 151 Å². The molecule has 140 valence electrons. The minimum Gasteiger partial charge on any atom is -0.306 e. The van der Waals surface area contributed by atoms with E-state index >= 15 is 0 Å². The number of alkyl halides is 4. The zero-order valence-electron chi connectivity index (χ0n) is 14.3. The number of thioether (sulfide) groups is 1. The highest BCUT2D eigenvalue weighted by atomic mass is 35.5. The third kappa shape index (κ3) is 7.66. The van der Waals surface area contributed by atoms with Gasteiger partial charge in [-0.3, -0.25) is 4.79 Å². The maximum absolute atomic E-state index is 13.1. The number of nitrogens with one attached hydrogen (secondary N) is 1. The van der Waals surface area contributed by atoms with Gasteiger partial charge in [-0.2, -0.15) is 24.9 Å². The number of carbonyl (C=O) groups is 1. The summed E-state index contributed by atoms with van der Waals surface area (Å²) >= 11 is 7.83. The first kappa shape index (κ1) is 21.6. The molecule has 0 radical (unpaired) electrons. The number of hydrogen-bond acceptors (Lipinski definition) is 4. The van der Waals surface area contributed by atoms with Gasteiger partial charge in [0.25, 0.3) is 0 Å². The summed E-state index contributed by atoms with van der Waals surface area (Å²) in [5.41, 5.74) is 0.933. The van der Waals surface area contributed by atoms with Crippen LogP contribution in [0.2, 0.25) is 0 Å². The van der Waals surface area contributed by atoms with Crippen LogP contribution in [-0.2, 0) is 4.79 Å². The molecule has 0 aromatic heterocycles. The number of rotatable bonds is 8. The van der Waals surface area contributed by atoms with Gasteiger partial charge in [0.1, 0.15) is 11.2 Å². The highest BCUT2D eigenvalue weighted by Crippen LogP contribution is 2.32. The van der Waals surface area contributed by atoms with Crippen LogP contribution in [0.25, 0.3) is 0 Å². The fourth-order valence-corrected chi connectivity index (χ4v) is 4.04. The smallest absolute Gasteiger partial charge is 0.306 e. The summed E-state index contributed by atoms with van der Waals surface area (Å²) in [6.07, 6.45) is 0.667. The summed E-state index contributed by atoms with van der Waals surface area (Å²) in [5, 5.41) is 1.32. The van der Waals surface area contributed by atoms with Crippen LogP contribution < -0.4 is 5.43 Å². The van der Waals surface area contributed by atoms with Crippen LogP contribution in [-0.4, -0.2) is 40.5 Å². The van der Waals surface area contributed by atoms with Gasteiger partial charge in [0.05, 0.1) is 0 Å². The lowest BCUT2D eigenvalue weighted by Gasteiger charge is -2.29. The predicted octanol–water partition coefficient (Wildman–Crippen LogP) is 4.72. The molecule has 3 nitrogen and oxygen atoms in total. The monoisotopic (exact) mass is 386 g/mol. The minimum absolute atomic E-state index is 0.0215. The number of allylic oxidation sites excluding steroid dienone is 2. The van der Waals surface area contributed by atoms with Gasteiger partial charge in [0.15, 0.2) is 5.78 Å². The first-order chi connectivity index (χ1) is 11.1. The lowest BCUT2D eigenvalue weighted by molar-refractivity contribution is -0.121. The maximum atomic E-state index is 13.1. The average molecular weight is 387 g/mol. The van der Waals surface area contributed by atoms with E-state index in [9.17, 15) is 18.0 Å². The molecule has 1 atom stereocenters. The van der Waals surface area contributed by atoms with Crippen LogP contribution in [0.3, 0.4) is 0 Å². The zero-order valence-corrected chi connectivity index (χ0v) is 15.9. The van der Waals surface area contributed by atoms with Crippen LogP contribution in [0.4, 0.5) is 13.2 Å². The van der Waals surface area contributed by atoms with Crippen LogP contribution in [0.5, 0.6) is 0 Å². The molecule has 1 rings (SSSR count). The molecular weight excluding hydrogens is 361 g/mol. The quantitative estimate of drug-likeness (QED) is 0.283. The third-order valence-corrected chi connectivity index (χ3v) is 5.98. The van der Waals surface area contributed by atoms with E-state index in [0.29, 0.717) is 17.1 Å². The zero-order chi connectivity index (χ0) is 18.3. The molecule has 0 aromatic carbocycles. The number of hydrazine groups is 1. The maximum Gasteiger partial charge on any atom is 0.432 e. The Kier molecular flexibility index (Phi) is 8.95. The Balaban J connectivity index is 2.52. The van der Waals surface area contributed by atoms with Gasteiger partial charge in [-0.05, 0) is 31.6 Å². The van der Waals surface area contributed by atoms with E-state index in [2.05, 4.69) is 12.3 Å². The number of nitrogens with zero attached hydrogens (tertiary/aromatic N) is 1. The molecule has 1 fully saturated rings. The molecule has 0 saturated heterocycles. The first-order valence-corrected chi connectivity index (χ1v) is 9.69. The van der Waals surface area contributed by atoms with E-state index in [4.69, 9.17) is 11.6 Å².